The second-order valence-electron chi connectivity index (χ2n) is 5.69. The Morgan fingerprint density at radius 2 is 2.00 bits per heavy atom. The van der Waals surface area contributed by atoms with E-state index in [4.69, 9.17) is 9.15 Å². The average molecular weight is 349 g/mol. The number of amides is 1. The van der Waals surface area contributed by atoms with Crippen molar-refractivity contribution >= 4 is 15.7 Å². The molecule has 0 bridgehead atoms. The minimum Gasteiger partial charge on any atom is -0.459 e. The molecule has 0 saturated carbocycles. The van der Waals surface area contributed by atoms with Crippen LogP contribution in [0.1, 0.15) is 29.0 Å². The second kappa shape index (κ2) is 7.19. The molecule has 7 heteroatoms. The van der Waals surface area contributed by atoms with Gasteiger partial charge in [0.2, 0.25) is 0 Å². The summed E-state index contributed by atoms with van der Waals surface area (Å²) in [5.74, 6) is -0.669. The molecular formula is C17H19NO5S. The van der Waals surface area contributed by atoms with Crippen LogP contribution in [0.2, 0.25) is 0 Å². The summed E-state index contributed by atoms with van der Waals surface area (Å²) in [6.07, 6.45) is 3.24. The van der Waals surface area contributed by atoms with E-state index >= 15 is 0 Å². The van der Waals surface area contributed by atoms with Gasteiger partial charge in [-0.15, -0.1) is 0 Å². The first-order valence-electron chi connectivity index (χ1n) is 7.80. The van der Waals surface area contributed by atoms with Crippen LogP contribution in [0, 0.1) is 0 Å². The van der Waals surface area contributed by atoms with Gasteiger partial charge in [-0.3, -0.25) is 4.79 Å². The van der Waals surface area contributed by atoms with Crippen molar-refractivity contribution < 1.29 is 22.4 Å². The monoisotopic (exact) mass is 349 g/mol. The van der Waals surface area contributed by atoms with Gasteiger partial charge in [0, 0.05) is 18.7 Å². The lowest BCUT2D eigenvalue weighted by atomic mass is 10.2. The molecule has 1 aromatic heterocycles. The molecule has 2 aromatic rings. The van der Waals surface area contributed by atoms with Crippen molar-refractivity contribution in [3.05, 3.63) is 54.0 Å². The summed E-state index contributed by atoms with van der Waals surface area (Å²) in [5.41, 5.74) is 0.351. The Balaban J connectivity index is 1.69. The molecule has 1 atom stereocenters. The minimum atomic E-state index is -3.53. The molecule has 1 amide bonds. The molecule has 1 saturated heterocycles. The van der Waals surface area contributed by atoms with Crippen LogP contribution in [-0.2, 0) is 20.3 Å². The van der Waals surface area contributed by atoms with Gasteiger partial charge in [0.25, 0.3) is 5.91 Å². The molecule has 1 aromatic carbocycles. The summed E-state index contributed by atoms with van der Waals surface area (Å²) in [5, 5.41) is 2.74. The molecule has 2 heterocycles. The maximum absolute atomic E-state index is 12.4. The van der Waals surface area contributed by atoms with Crippen LogP contribution in [0.25, 0.3) is 0 Å². The number of carbonyl (C=O) groups excluding carboxylic acids is 1. The fraction of sp³-hybridized carbons (Fsp3) is 0.353. The van der Waals surface area contributed by atoms with Crippen molar-refractivity contribution in [1.29, 1.82) is 0 Å². The van der Waals surface area contributed by atoms with E-state index in [1.807, 2.05) is 0 Å². The Kier molecular flexibility index (Phi) is 5.01. The topological polar surface area (TPSA) is 85.6 Å². The van der Waals surface area contributed by atoms with Gasteiger partial charge in [-0.2, -0.15) is 0 Å². The van der Waals surface area contributed by atoms with Crippen LogP contribution in [0.5, 0.6) is 0 Å². The minimum absolute atomic E-state index is 0.0143. The number of benzene rings is 1. The van der Waals surface area contributed by atoms with Crippen molar-refractivity contribution in [2.45, 2.75) is 29.6 Å². The van der Waals surface area contributed by atoms with E-state index in [1.54, 1.807) is 18.2 Å². The lowest BCUT2D eigenvalue weighted by molar-refractivity contribution is 0.0834. The van der Waals surface area contributed by atoms with Gasteiger partial charge < -0.3 is 14.5 Å². The fourth-order valence-electron chi connectivity index (χ4n) is 2.66. The molecule has 0 radical (unpaired) electrons. The average Bonchev–Trinajstić information content (AvgIpc) is 3.25. The predicted octanol–water partition coefficient (Wildman–Crippen LogP) is 2.16. The number of carbonyl (C=O) groups is 1. The fourth-order valence-corrected chi connectivity index (χ4v) is 4.03. The van der Waals surface area contributed by atoms with Crippen molar-refractivity contribution in [1.82, 2.24) is 5.32 Å². The molecule has 0 aliphatic carbocycles. The van der Waals surface area contributed by atoms with Crippen molar-refractivity contribution in [3.63, 3.8) is 0 Å². The van der Waals surface area contributed by atoms with Gasteiger partial charge in [0.1, 0.15) is 0 Å². The van der Waals surface area contributed by atoms with E-state index in [2.05, 4.69) is 5.32 Å². The van der Waals surface area contributed by atoms with Crippen LogP contribution >= 0.6 is 0 Å². The van der Waals surface area contributed by atoms with E-state index in [0.717, 1.165) is 12.8 Å². The van der Waals surface area contributed by atoms with Crippen molar-refractivity contribution in [2.75, 3.05) is 13.2 Å². The summed E-state index contributed by atoms with van der Waals surface area (Å²) in [7, 11) is -3.53. The Hall–Kier alpha value is -2.12. The molecule has 6 nitrogen and oxygen atoms in total. The largest absolute Gasteiger partial charge is 0.459 e. The third-order valence-electron chi connectivity index (χ3n) is 3.92. The number of nitrogens with one attached hydrogen (secondary N) is 1. The van der Waals surface area contributed by atoms with Crippen LogP contribution in [-0.4, -0.2) is 33.6 Å². The van der Waals surface area contributed by atoms with Gasteiger partial charge in [-0.1, -0.05) is 18.2 Å². The molecule has 1 fully saturated rings. The molecule has 0 spiro atoms. The summed E-state index contributed by atoms with van der Waals surface area (Å²) in [6, 6.07) is 9.66. The smallest absolute Gasteiger partial charge is 0.287 e. The quantitative estimate of drug-likeness (QED) is 0.864. The summed E-state index contributed by atoms with van der Waals surface area (Å²) in [6.45, 7) is 1.10. The number of hydrogen-bond acceptors (Lipinski definition) is 5. The maximum Gasteiger partial charge on any atom is 0.287 e. The van der Waals surface area contributed by atoms with E-state index in [9.17, 15) is 13.2 Å². The van der Waals surface area contributed by atoms with Crippen LogP contribution in [0.15, 0.2) is 52.0 Å². The molecule has 1 N–H and O–H groups in total. The highest BCUT2D eigenvalue weighted by atomic mass is 32.2. The van der Waals surface area contributed by atoms with Gasteiger partial charge in [-0.05, 0) is 31.0 Å². The van der Waals surface area contributed by atoms with E-state index in [0.29, 0.717) is 18.7 Å². The van der Waals surface area contributed by atoms with Crippen LogP contribution in [0.3, 0.4) is 0 Å². The third kappa shape index (κ3) is 3.85. The Morgan fingerprint density at radius 3 is 2.71 bits per heavy atom. The first-order chi connectivity index (χ1) is 11.6. The predicted molar refractivity (Wildman–Crippen MR) is 87.3 cm³/mol. The zero-order valence-corrected chi connectivity index (χ0v) is 13.9. The number of hydrogen-bond donors (Lipinski definition) is 1. The van der Waals surface area contributed by atoms with E-state index < -0.39 is 15.7 Å². The van der Waals surface area contributed by atoms with Crippen LogP contribution < -0.4 is 5.32 Å². The summed E-state index contributed by atoms with van der Waals surface area (Å²) < 4.78 is 35.6. The number of furan rings is 1. The molecule has 24 heavy (non-hydrogen) atoms. The molecule has 1 aliphatic heterocycles. The first-order valence-corrected chi connectivity index (χ1v) is 9.45. The van der Waals surface area contributed by atoms with E-state index in [1.165, 1.54) is 24.5 Å². The van der Waals surface area contributed by atoms with Crippen molar-refractivity contribution in [3.8, 4) is 0 Å². The van der Waals surface area contributed by atoms with Crippen LogP contribution in [0.4, 0.5) is 0 Å². The summed E-state index contributed by atoms with van der Waals surface area (Å²) >= 11 is 0. The lowest BCUT2D eigenvalue weighted by Crippen LogP contribution is -2.32. The zero-order valence-electron chi connectivity index (χ0n) is 13.1. The highest BCUT2D eigenvalue weighted by molar-refractivity contribution is 7.90. The standard InChI is InChI=1S/C17H19NO5S/c19-17(18-11-14-5-4-9-22-14)16-13(8-10-23-16)12-24(20,21)15-6-2-1-3-7-15/h1-3,6-8,10,14H,4-5,9,11-12H2,(H,18,19)/t14-/m1/s1. The normalized spacial score (nSPS) is 17.8. The van der Waals surface area contributed by atoms with Gasteiger partial charge in [0.15, 0.2) is 15.6 Å². The number of sulfone groups is 1. The SMILES string of the molecule is O=C(NC[C@H]1CCCO1)c1occc1CS(=O)(=O)c1ccccc1. The van der Waals surface area contributed by atoms with Gasteiger partial charge in [-0.25, -0.2) is 8.42 Å². The second-order valence-corrected chi connectivity index (χ2v) is 7.68. The molecule has 1 aliphatic rings. The number of rotatable bonds is 6. The van der Waals surface area contributed by atoms with E-state index in [-0.39, 0.29) is 22.5 Å². The van der Waals surface area contributed by atoms with Gasteiger partial charge in [0.05, 0.1) is 23.0 Å². The third-order valence-corrected chi connectivity index (χ3v) is 5.60. The molecule has 128 valence electrons. The highest BCUT2D eigenvalue weighted by Crippen LogP contribution is 2.20. The summed E-state index contributed by atoms with van der Waals surface area (Å²) in [4.78, 5) is 12.5. The molecule has 3 rings (SSSR count). The first kappa shape index (κ1) is 16.7. The lowest BCUT2D eigenvalue weighted by Gasteiger charge is -2.10. The van der Waals surface area contributed by atoms with Gasteiger partial charge >= 0.3 is 0 Å². The van der Waals surface area contributed by atoms with Crippen molar-refractivity contribution in [2.24, 2.45) is 0 Å². The molecule has 0 unspecified atom stereocenters. The Labute approximate surface area is 140 Å². The zero-order chi connectivity index (χ0) is 17.0. The molecular weight excluding hydrogens is 330 g/mol. The number of ether oxygens (including phenoxy) is 1. The maximum atomic E-state index is 12.4. The highest BCUT2D eigenvalue weighted by Gasteiger charge is 2.23. The Morgan fingerprint density at radius 1 is 1.21 bits per heavy atom. The Bertz CT molecular complexity index is 791.